The predicted molar refractivity (Wildman–Crippen MR) is 235 cm³/mol. The number of unbranched alkanes of at least 4 members (excludes halogenated alkanes) is 32. The Morgan fingerprint density at radius 2 is 0.717 bits per heavy atom. The lowest BCUT2D eigenvalue weighted by Crippen LogP contribution is -2.47. The molecule has 0 fully saturated rings. The first-order chi connectivity index (χ1) is 25.7. The normalized spacial score (nSPS) is 12.3. The lowest BCUT2D eigenvalue weighted by atomic mass is 10.0. The van der Waals surface area contributed by atoms with Crippen molar-refractivity contribution in [2.75, 3.05) is 40.8 Å². The molecule has 0 unspecified atom stereocenters. The number of carbonyl (C=O) groups excluding carboxylic acids is 2. The van der Waals surface area contributed by atoms with Crippen LogP contribution in [-0.4, -0.2) is 68.0 Å². The van der Waals surface area contributed by atoms with Gasteiger partial charge in [-0.2, -0.15) is 0 Å². The SMILES string of the molecule is CCCCCCCCCCCCCCCCCCN(CCCCCCCCCCCCCCCCCC)C(=O)[C@H](C)NC(=O)CCCCC[N+](C)(C)C. The average molecular weight is 749 g/mol. The molecule has 0 radical (unpaired) electrons. The Labute approximate surface area is 333 Å². The van der Waals surface area contributed by atoms with E-state index in [0.29, 0.717) is 6.42 Å². The molecule has 0 aromatic heterocycles. The van der Waals surface area contributed by atoms with Gasteiger partial charge in [0, 0.05) is 19.5 Å². The highest BCUT2D eigenvalue weighted by Gasteiger charge is 2.21. The molecule has 1 atom stereocenters. The van der Waals surface area contributed by atoms with E-state index in [1.165, 1.54) is 193 Å². The largest absolute Gasteiger partial charge is 0.345 e. The molecule has 0 aliphatic heterocycles. The number of rotatable bonds is 42. The number of quaternary nitrogens is 1. The minimum Gasteiger partial charge on any atom is -0.345 e. The lowest BCUT2D eigenvalue weighted by molar-refractivity contribution is -0.870. The molecule has 0 heterocycles. The van der Waals surface area contributed by atoms with Crippen LogP contribution in [0.2, 0.25) is 0 Å². The molecule has 316 valence electrons. The molecule has 53 heavy (non-hydrogen) atoms. The van der Waals surface area contributed by atoms with Crippen molar-refractivity contribution in [2.45, 2.75) is 258 Å². The van der Waals surface area contributed by atoms with Crippen LogP contribution in [0.1, 0.15) is 252 Å². The fourth-order valence-corrected chi connectivity index (χ4v) is 7.73. The van der Waals surface area contributed by atoms with E-state index in [4.69, 9.17) is 0 Å². The molecule has 0 bridgehead atoms. The van der Waals surface area contributed by atoms with Crippen molar-refractivity contribution in [1.82, 2.24) is 10.2 Å². The van der Waals surface area contributed by atoms with Crippen LogP contribution in [0.15, 0.2) is 0 Å². The van der Waals surface area contributed by atoms with Gasteiger partial charge in [-0.25, -0.2) is 0 Å². The van der Waals surface area contributed by atoms with Crippen LogP contribution in [0, 0.1) is 0 Å². The van der Waals surface area contributed by atoms with Crippen LogP contribution < -0.4 is 5.32 Å². The van der Waals surface area contributed by atoms with E-state index < -0.39 is 6.04 Å². The van der Waals surface area contributed by atoms with E-state index in [9.17, 15) is 9.59 Å². The Balaban J connectivity index is 4.30. The summed E-state index contributed by atoms with van der Waals surface area (Å²) in [6.45, 7) is 9.28. The highest BCUT2D eigenvalue weighted by molar-refractivity contribution is 5.87. The molecular weight excluding hydrogens is 651 g/mol. The summed E-state index contributed by atoms with van der Waals surface area (Å²) in [4.78, 5) is 28.3. The van der Waals surface area contributed by atoms with Gasteiger partial charge in [0.1, 0.15) is 6.04 Å². The summed E-state index contributed by atoms with van der Waals surface area (Å²) in [6, 6.07) is -0.434. The zero-order valence-corrected chi connectivity index (χ0v) is 37.4. The standard InChI is InChI=1S/C48H97N3O2/c1-7-9-11-13-15-17-19-21-23-25-27-29-31-33-35-39-43-50(48(53)46(3)49-47(52)42-38-37-41-45-51(4,5)6)44-40-36-34-32-30-28-26-24-22-20-18-16-14-12-10-8-2/h46H,7-45H2,1-6H3/p+1/t46-/m0/s1. The Kier molecular flexibility index (Phi) is 38.3. The molecule has 0 saturated heterocycles. The maximum atomic E-state index is 13.6. The van der Waals surface area contributed by atoms with E-state index in [2.05, 4.69) is 45.2 Å². The minimum absolute atomic E-state index is 0.0286. The zero-order chi connectivity index (χ0) is 39.1. The van der Waals surface area contributed by atoms with Crippen molar-refractivity contribution in [1.29, 1.82) is 0 Å². The van der Waals surface area contributed by atoms with Crippen LogP contribution in [0.4, 0.5) is 0 Å². The molecule has 2 amide bonds. The van der Waals surface area contributed by atoms with Crippen molar-refractivity contribution >= 4 is 11.8 Å². The van der Waals surface area contributed by atoms with E-state index in [-0.39, 0.29) is 11.8 Å². The Morgan fingerprint density at radius 1 is 0.434 bits per heavy atom. The highest BCUT2D eigenvalue weighted by Crippen LogP contribution is 2.16. The lowest BCUT2D eigenvalue weighted by Gasteiger charge is -2.26. The Bertz CT molecular complexity index is 743. The van der Waals surface area contributed by atoms with Crippen LogP contribution in [0.25, 0.3) is 0 Å². The minimum atomic E-state index is -0.434. The molecule has 5 heteroatoms. The summed E-state index contributed by atoms with van der Waals surface area (Å²) in [5.41, 5.74) is 0. The number of nitrogens with zero attached hydrogens (tertiary/aromatic N) is 2. The first-order valence-corrected chi connectivity index (χ1v) is 24.1. The molecule has 0 aliphatic rings. The van der Waals surface area contributed by atoms with Gasteiger partial charge in [0.15, 0.2) is 0 Å². The first kappa shape index (κ1) is 51.9. The number of hydrogen-bond donors (Lipinski definition) is 1. The third kappa shape index (κ3) is 39.0. The van der Waals surface area contributed by atoms with Gasteiger partial charge in [-0.3, -0.25) is 9.59 Å². The van der Waals surface area contributed by atoms with Crippen LogP contribution in [-0.2, 0) is 9.59 Å². The number of carbonyl (C=O) groups is 2. The molecule has 1 N–H and O–H groups in total. The molecular formula is C48H98N3O2+. The monoisotopic (exact) mass is 749 g/mol. The third-order valence-corrected chi connectivity index (χ3v) is 11.4. The summed E-state index contributed by atoms with van der Waals surface area (Å²) >= 11 is 0. The van der Waals surface area contributed by atoms with Gasteiger partial charge in [-0.1, -0.05) is 206 Å². The van der Waals surface area contributed by atoms with E-state index in [1.54, 1.807) is 0 Å². The first-order valence-electron chi connectivity index (χ1n) is 24.1. The topological polar surface area (TPSA) is 49.4 Å². The van der Waals surface area contributed by atoms with Gasteiger partial charge in [0.2, 0.25) is 11.8 Å². The summed E-state index contributed by atoms with van der Waals surface area (Å²) in [5, 5.41) is 3.05. The van der Waals surface area contributed by atoms with E-state index in [1.807, 2.05) is 6.92 Å². The van der Waals surface area contributed by atoms with Gasteiger partial charge in [0.05, 0.1) is 27.7 Å². The zero-order valence-electron chi connectivity index (χ0n) is 37.4. The molecule has 5 nitrogen and oxygen atoms in total. The van der Waals surface area contributed by atoms with E-state index >= 15 is 0 Å². The van der Waals surface area contributed by atoms with Crippen LogP contribution in [0.3, 0.4) is 0 Å². The molecule has 0 spiro atoms. The van der Waals surface area contributed by atoms with Crippen LogP contribution in [0.5, 0.6) is 0 Å². The quantitative estimate of drug-likeness (QED) is 0.0499. The fourth-order valence-electron chi connectivity index (χ4n) is 7.73. The van der Waals surface area contributed by atoms with Gasteiger partial charge >= 0.3 is 0 Å². The smallest absolute Gasteiger partial charge is 0.244 e. The van der Waals surface area contributed by atoms with Crippen molar-refractivity contribution in [3.05, 3.63) is 0 Å². The van der Waals surface area contributed by atoms with Gasteiger partial charge in [-0.05, 0) is 39.0 Å². The van der Waals surface area contributed by atoms with Crippen LogP contribution >= 0.6 is 0 Å². The summed E-state index contributed by atoms with van der Waals surface area (Å²) in [5.74, 6) is 0.145. The Hall–Kier alpha value is -1.10. The summed E-state index contributed by atoms with van der Waals surface area (Å²) < 4.78 is 0.965. The molecule has 0 aromatic carbocycles. The Morgan fingerprint density at radius 3 is 1.02 bits per heavy atom. The maximum absolute atomic E-state index is 13.6. The number of hydrogen-bond acceptors (Lipinski definition) is 2. The number of amides is 2. The van der Waals surface area contributed by atoms with E-state index in [0.717, 1.165) is 56.2 Å². The average Bonchev–Trinajstić information content (AvgIpc) is 3.12. The van der Waals surface area contributed by atoms with Crippen molar-refractivity contribution in [3.8, 4) is 0 Å². The second kappa shape index (κ2) is 39.1. The van der Waals surface area contributed by atoms with Crippen molar-refractivity contribution < 1.29 is 14.1 Å². The highest BCUT2D eigenvalue weighted by atomic mass is 16.2. The summed E-state index contributed by atoms with van der Waals surface area (Å²) in [7, 11) is 6.64. The number of nitrogens with one attached hydrogen (secondary N) is 1. The summed E-state index contributed by atoms with van der Waals surface area (Å²) in [6.07, 6.45) is 47.2. The molecule has 0 aliphatic carbocycles. The van der Waals surface area contributed by atoms with Gasteiger partial charge < -0.3 is 14.7 Å². The van der Waals surface area contributed by atoms with Gasteiger partial charge in [0.25, 0.3) is 0 Å². The second-order valence-electron chi connectivity index (χ2n) is 18.0. The maximum Gasteiger partial charge on any atom is 0.244 e. The van der Waals surface area contributed by atoms with Gasteiger partial charge in [-0.15, -0.1) is 0 Å². The van der Waals surface area contributed by atoms with Crippen molar-refractivity contribution in [2.24, 2.45) is 0 Å². The second-order valence-corrected chi connectivity index (χ2v) is 18.0. The molecule has 0 aromatic rings. The molecule has 0 rings (SSSR count). The fraction of sp³-hybridized carbons (Fsp3) is 0.958. The predicted octanol–water partition coefficient (Wildman–Crippen LogP) is 14.1. The molecule has 0 saturated carbocycles. The third-order valence-electron chi connectivity index (χ3n) is 11.4. The van der Waals surface area contributed by atoms with Crippen molar-refractivity contribution in [3.63, 3.8) is 0 Å².